The number of aromatic nitrogens is 4. The molecular weight excluding hydrogens is 461 g/mol. The number of benzene rings is 2. The Kier molecular flexibility index (Phi) is 5.34. The van der Waals surface area contributed by atoms with Crippen LogP contribution in [0.4, 0.5) is 11.6 Å². The summed E-state index contributed by atoms with van der Waals surface area (Å²) in [5, 5.41) is 0.801. The molecule has 1 aliphatic heterocycles. The molecular formula is C24H23Cl2N5O2. The van der Waals surface area contributed by atoms with Crippen molar-refractivity contribution >= 4 is 46.0 Å². The van der Waals surface area contributed by atoms with Crippen LogP contribution in [0.5, 0.6) is 0 Å². The summed E-state index contributed by atoms with van der Waals surface area (Å²) in [6, 6.07) is 13.3. The lowest BCUT2D eigenvalue weighted by Crippen LogP contribution is -2.40. The number of hydrogen-bond acceptors (Lipinski definition) is 4. The molecule has 9 heteroatoms. The van der Waals surface area contributed by atoms with Crippen molar-refractivity contribution in [3.8, 4) is 0 Å². The van der Waals surface area contributed by atoms with Gasteiger partial charge in [-0.25, -0.2) is 4.79 Å². The first-order valence-corrected chi connectivity index (χ1v) is 11.5. The van der Waals surface area contributed by atoms with Crippen LogP contribution in [0.2, 0.25) is 10.0 Å². The SMILES string of the molecule is Cc1ccc(N2CC(C)Cn3c2nc2c3c(=O)n(Cc3ccc(Cl)c(Cl)c3)c(=O)n2C)cc1. The summed E-state index contributed by atoms with van der Waals surface area (Å²) < 4.78 is 4.61. The molecule has 0 N–H and O–H groups in total. The van der Waals surface area contributed by atoms with E-state index < -0.39 is 5.69 Å². The van der Waals surface area contributed by atoms with Crippen molar-refractivity contribution in [2.24, 2.45) is 13.0 Å². The second-order valence-corrected chi connectivity index (χ2v) is 9.54. The van der Waals surface area contributed by atoms with Gasteiger partial charge in [-0.3, -0.25) is 13.9 Å². The van der Waals surface area contributed by atoms with E-state index in [9.17, 15) is 9.59 Å². The Labute approximate surface area is 200 Å². The molecule has 4 aromatic rings. The van der Waals surface area contributed by atoms with Gasteiger partial charge in [0.05, 0.1) is 16.6 Å². The average molecular weight is 484 g/mol. The molecule has 2 aromatic heterocycles. The van der Waals surface area contributed by atoms with E-state index >= 15 is 0 Å². The van der Waals surface area contributed by atoms with Crippen LogP contribution in [0.3, 0.4) is 0 Å². The highest BCUT2D eigenvalue weighted by Gasteiger charge is 2.29. The number of aryl methyl sites for hydroxylation is 2. The van der Waals surface area contributed by atoms with Gasteiger partial charge in [-0.05, 0) is 42.7 Å². The molecule has 1 unspecified atom stereocenters. The topological polar surface area (TPSA) is 65.1 Å². The predicted octanol–water partition coefficient (Wildman–Crippen LogP) is 4.35. The van der Waals surface area contributed by atoms with Gasteiger partial charge in [-0.15, -0.1) is 0 Å². The number of fused-ring (bicyclic) bond motifs is 3. The van der Waals surface area contributed by atoms with Gasteiger partial charge in [0, 0.05) is 25.8 Å². The molecule has 3 heterocycles. The molecule has 0 spiro atoms. The molecule has 0 bridgehead atoms. The molecule has 0 saturated carbocycles. The van der Waals surface area contributed by atoms with Gasteiger partial charge in [-0.2, -0.15) is 4.98 Å². The van der Waals surface area contributed by atoms with E-state index in [0.717, 1.165) is 17.8 Å². The zero-order valence-corrected chi connectivity index (χ0v) is 20.1. The molecule has 33 heavy (non-hydrogen) atoms. The van der Waals surface area contributed by atoms with E-state index in [-0.39, 0.29) is 18.0 Å². The van der Waals surface area contributed by atoms with E-state index in [4.69, 9.17) is 28.2 Å². The van der Waals surface area contributed by atoms with Crippen LogP contribution in [0.15, 0.2) is 52.1 Å². The van der Waals surface area contributed by atoms with Crippen LogP contribution in [-0.2, 0) is 20.1 Å². The summed E-state index contributed by atoms with van der Waals surface area (Å²) >= 11 is 12.2. The number of hydrogen-bond donors (Lipinski definition) is 0. The monoisotopic (exact) mass is 483 g/mol. The summed E-state index contributed by atoms with van der Waals surface area (Å²) in [6.07, 6.45) is 0. The maximum absolute atomic E-state index is 13.6. The number of nitrogens with zero attached hydrogens (tertiary/aromatic N) is 5. The van der Waals surface area contributed by atoms with Crippen LogP contribution in [-0.4, -0.2) is 25.2 Å². The van der Waals surface area contributed by atoms with E-state index in [0.29, 0.717) is 33.7 Å². The Morgan fingerprint density at radius 3 is 2.45 bits per heavy atom. The highest BCUT2D eigenvalue weighted by Crippen LogP contribution is 2.33. The van der Waals surface area contributed by atoms with Gasteiger partial charge in [0.2, 0.25) is 5.95 Å². The first kappa shape index (κ1) is 21.8. The minimum Gasteiger partial charge on any atom is -0.312 e. The van der Waals surface area contributed by atoms with E-state index in [2.05, 4.69) is 36.1 Å². The Balaban J connectivity index is 1.70. The minimum absolute atomic E-state index is 0.0933. The molecule has 7 nitrogen and oxygen atoms in total. The number of imidazole rings is 1. The summed E-state index contributed by atoms with van der Waals surface area (Å²) in [7, 11) is 1.65. The lowest BCUT2D eigenvalue weighted by molar-refractivity contribution is 0.458. The molecule has 2 aromatic carbocycles. The molecule has 0 aliphatic carbocycles. The molecule has 1 atom stereocenters. The van der Waals surface area contributed by atoms with Crippen molar-refractivity contribution in [2.75, 3.05) is 11.4 Å². The number of anilines is 2. The Morgan fingerprint density at radius 1 is 1.03 bits per heavy atom. The van der Waals surface area contributed by atoms with E-state index in [1.54, 1.807) is 25.2 Å². The van der Waals surface area contributed by atoms with Gasteiger partial charge in [0.15, 0.2) is 11.2 Å². The van der Waals surface area contributed by atoms with Gasteiger partial charge in [-0.1, -0.05) is 53.9 Å². The van der Waals surface area contributed by atoms with Crippen LogP contribution in [0.1, 0.15) is 18.1 Å². The van der Waals surface area contributed by atoms with Crippen LogP contribution in [0.25, 0.3) is 11.2 Å². The molecule has 0 fully saturated rings. The first-order valence-electron chi connectivity index (χ1n) is 10.7. The van der Waals surface area contributed by atoms with Gasteiger partial charge >= 0.3 is 5.69 Å². The van der Waals surface area contributed by atoms with Gasteiger partial charge < -0.3 is 9.47 Å². The smallest absolute Gasteiger partial charge is 0.312 e. The Bertz CT molecular complexity index is 1500. The fourth-order valence-corrected chi connectivity index (χ4v) is 4.73. The molecule has 0 saturated heterocycles. The van der Waals surface area contributed by atoms with Crippen LogP contribution < -0.4 is 16.1 Å². The summed E-state index contributed by atoms with van der Waals surface area (Å²) in [4.78, 5) is 33.6. The zero-order chi connectivity index (χ0) is 23.4. The standard InChI is InChI=1S/C24H23Cl2N5O2/c1-14-4-7-17(8-5-14)29-11-15(2)12-30-20-21(27-23(29)30)28(3)24(33)31(22(20)32)13-16-6-9-18(25)19(26)10-16/h4-10,15H,11-13H2,1-3H3. The van der Waals surface area contributed by atoms with Crippen LogP contribution in [0, 0.1) is 12.8 Å². The van der Waals surface area contributed by atoms with Crippen molar-refractivity contribution in [3.63, 3.8) is 0 Å². The maximum atomic E-state index is 13.6. The largest absolute Gasteiger partial charge is 0.332 e. The molecule has 5 rings (SSSR count). The quantitative estimate of drug-likeness (QED) is 0.434. The summed E-state index contributed by atoms with van der Waals surface area (Å²) in [6.45, 7) is 5.71. The molecule has 0 radical (unpaired) electrons. The molecule has 1 aliphatic rings. The average Bonchev–Trinajstić information content (AvgIpc) is 3.17. The lowest BCUT2D eigenvalue weighted by atomic mass is 10.1. The van der Waals surface area contributed by atoms with Crippen molar-refractivity contribution in [3.05, 3.63) is 84.5 Å². The molecule has 0 amide bonds. The minimum atomic E-state index is -0.427. The zero-order valence-electron chi connectivity index (χ0n) is 18.5. The number of halogens is 2. The summed E-state index contributed by atoms with van der Waals surface area (Å²) in [5.41, 5.74) is 2.91. The number of rotatable bonds is 3. The normalized spacial score (nSPS) is 15.8. The second kappa shape index (κ2) is 8.08. The predicted molar refractivity (Wildman–Crippen MR) is 132 cm³/mol. The maximum Gasteiger partial charge on any atom is 0.332 e. The van der Waals surface area contributed by atoms with Crippen molar-refractivity contribution in [1.82, 2.24) is 18.7 Å². The van der Waals surface area contributed by atoms with Gasteiger partial charge in [0.25, 0.3) is 5.56 Å². The van der Waals surface area contributed by atoms with E-state index in [1.165, 1.54) is 14.7 Å². The lowest BCUT2D eigenvalue weighted by Gasteiger charge is -2.33. The van der Waals surface area contributed by atoms with E-state index in [1.807, 2.05) is 11.5 Å². The highest BCUT2D eigenvalue weighted by molar-refractivity contribution is 6.42. The first-order chi connectivity index (χ1) is 15.7. The second-order valence-electron chi connectivity index (χ2n) is 8.73. The third-order valence-corrected chi connectivity index (χ3v) is 6.85. The fourth-order valence-electron chi connectivity index (χ4n) is 4.41. The fraction of sp³-hybridized carbons (Fsp3) is 0.292. The molecule has 170 valence electrons. The van der Waals surface area contributed by atoms with Crippen molar-refractivity contribution in [1.29, 1.82) is 0 Å². The third-order valence-electron chi connectivity index (χ3n) is 6.11. The Hall–Kier alpha value is -3.03. The van der Waals surface area contributed by atoms with Gasteiger partial charge in [0.1, 0.15) is 0 Å². The van der Waals surface area contributed by atoms with Crippen molar-refractivity contribution < 1.29 is 0 Å². The third kappa shape index (κ3) is 3.65. The van der Waals surface area contributed by atoms with Crippen molar-refractivity contribution in [2.45, 2.75) is 26.9 Å². The Morgan fingerprint density at radius 2 is 1.76 bits per heavy atom. The summed E-state index contributed by atoms with van der Waals surface area (Å²) in [5.74, 6) is 0.961. The highest BCUT2D eigenvalue weighted by atomic mass is 35.5. The van der Waals surface area contributed by atoms with Crippen LogP contribution >= 0.6 is 23.2 Å².